The lowest BCUT2D eigenvalue weighted by atomic mass is 9.95. The van der Waals surface area contributed by atoms with Gasteiger partial charge in [-0.3, -0.25) is 9.59 Å². The molecule has 7 heteroatoms. The zero-order valence-electron chi connectivity index (χ0n) is 14.1. The molecule has 25 heavy (non-hydrogen) atoms. The average Bonchev–Trinajstić information content (AvgIpc) is 2.63. The van der Waals surface area contributed by atoms with Gasteiger partial charge < -0.3 is 10.2 Å². The highest BCUT2D eigenvalue weighted by Crippen LogP contribution is 2.22. The number of nitrogens with zero attached hydrogens (tertiary/aromatic N) is 3. The topological polar surface area (TPSA) is 67.2 Å². The number of hydrogen-bond acceptors (Lipinski definition) is 4. The van der Waals surface area contributed by atoms with Crippen LogP contribution in [0.2, 0.25) is 5.02 Å². The summed E-state index contributed by atoms with van der Waals surface area (Å²) in [6, 6.07) is 9.05. The van der Waals surface area contributed by atoms with Crippen LogP contribution < -0.4 is 15.8 Å². The van der Waals surface area contributed by atoms with Crippen LogP contribution in [0.3, 0.4) is 0 Å². The molecule has 2 heterocycles. The lowest BCUT2D eigenvalue weighted by molar-refractivity contribution is -0.125. The molecular formula is C18H21ClN4O2. The van der Waals surface area contributed by atoms with E-state index in [4.69, 9.17) is 11.6 Å². The Balaban J connectivity index is 1.51. The van der Waals surface area contributed by atoms with E-state index >= 15 is 0 Å². The molecule has 0 bridgehead atoms. The molecule has 1 amide bonds. The smallest absolute Gasteiger partial charge is 0.268 e. The van der Waals surface area contributed by atoms with Crippen LogP contribution in [0.25, 0.3) is 0 Å². The van der Waals surface area contributed by atoms with Crippen molar-refractivity contribution in [1.29, 1.82) is 0 Å². The second-order valence-electron chi connectivity index (χ2n) is 6.28. The standard InChI is InChI=1S/C18H21ClN4O2/c1-22-17(24)10-16(12-21-22)23-8-6-14(7-9-23)18(25)20-11-13-2-4-15(19)5-3-13/h2-5,10,12,14H,6-9,11H2,1H3,(H,20,25). The zero-order chi connectivity index (χ0) is 17.8. The Hall–Kier alpha value is -2.34. The van der Waals surface area contributed by atoms with E-state index in [0.29, 0.717) is 11.6 Å². The molecule has 1 aliphatic heterocycles. The summed E-state index contributed by atoms with van der Waals surface area (Å²) in [5.41, 5.74) is 1.73. The summed E-state index contributed by atoms with van der Waals surface area (Å²) in [6.45, 7) is 2.00. The van der Waals surface area contributed by atoms with Crippen molar-refractivity contribution in [2.45, 2.75) is 19.4 Å². The van der Waals surface area contributed by atoms with Crippen LogP contribution in [0.1, 0.15) is 18.4 Å². The number of piperidine rings is 1. The van der Waals surface area contributed by atoms with Gasteiger partial charge in [0.25, 0.3) is 5.56 Å². The van der Waals surface area contributed by atoms with Gasteiger partial charge in [0.1, 0.15) is 0 Å². The van der Waals surface area contributed by atoms with E-state index < -0.39 is 0 Å². The van der Waals surface area contributed by atoms with E-state index in [1.807, 2.05) is 24.3 Å². The van der Waals surface area contributed by atoms with Gasteiger partial charge in [-0.2, -0.15) is 5.10 Å². The lowest BCUT2D eigenvalue weighted by Gasteiger charge is -2.32. The molecule has 0 radical (unpaired) electrons. The second kappa shape index (κ2) is 7.70. The van der Waals surface area contributed by atoms with Crippen molar-refractivity contribution in [3.05, 3.63) is 57.5 Å². The first kappa shape index (κ1) is 17.5. The summed E-state index contributed by atoms with van der Waals surface area (Å²) in [4.78, 5) is 26.2. The summed E-state index contributed by atoms with van der Waals surface area (Å²) in [5.74, 6) is 0.0831. The fraction of sp³-hybridized carbons (Fsp3) is 0.389. The number of hydrogen-bond donors (Lipinski definition) is 1. The minimum atomic E-state index is -0.125. The number of anilines is 1. The van der Waals surface area contributed by atoms with Crippen molar-refractivity contribution < 1.29 is 4.79 Å². The molecule has 132 valence electrons. The Morgan fingerprint density at radius 2 is 1.96 bits per heavy atom. The van der Waals surface area contributed by atoms with Gasteiger partial charge >= 0.3 is 0 Å². The number of rotatable bonds is 4. The Labute approximate surface area is 151 Å². The van der Waals surface area contributed by atoms with Gasteiger partial charge in [-0.25, -0.2) is 4.68 Å². The van der Waals surface area contributed by atoms with Gasteiger partial charge in [0, 0.05) is 43.7 Å². The monoisotopic (exact) mass is 360 g/mol. The van der Waals surface area contributed by atoms with Gasteiger partial charge in [0.2, 0.25) is 5.91 Å². The molecule has 0 saturated carbocycles. The number of aryl methyl sites for hydroxylation is 1. The van der Waals surface area contributed by atoms with Crippen LogP contribution in [0.15, 0.2) is 41.3 Å². The highest BCUT2D eigenvalue weighted by molar-refractivity contribution is 6.30. The lowest BCUT2D eigenvalue weighted by Crippen LogP contribution is -2.40. The summed E-state index contributed by atoms with van der Waals surface area (Å²) in [5, 5.41) is 7.73. The number of nitrogens with one attached hydrogen (secondary N) is 1. The maximum atomic E-state index is 12.4. The molecule has 3 rings (SSSR count). The predicted octanol–water partition coefficient (Wildman–Crippen LogP) is 1.97. The number of carbonyl (C=O) groups is 1. The van der Waals surface area contributed by atoms with Gasteiger partial charge in [-0.05, 0) is 30.5 Å². The van der Waals surface area contributed by atoms with Gasteiger partial charge in [0.15, 0.2) is 0 Å². The average molecular weight is 361 g/mol. The van der Waals surface area contributed by atoms with E-state index in [2.05, 4.69) is 15.3 Å². The van der Waals surface area contributed by atoms with Gasteiger partial charge in [-0.1, -0.05) is 23.7 Å². The van der Waals surface area contributed by atoms with Crippen molar-refractivity contribution in [2.24, 2.45) is 13.0 Å². The Kier molecular flexibility index (Phi) is 5.38. The van der Waals surface area contributed by atoms with Crippen LogP contribution in [-0.4, -0.2) is 28.8 Å². The third-order valence-electron chi connectivity index (χ3n) is 4.56. The van der Waals surface area contributed by atoms with E-state index in [1.54, 1.807) is 19.3 Å². The molecule has 0 spiro atoms. The number of benzene rings is 1. The van der Waals surface area contributed by atoms with Crippen LogP contribution in [-0.2, 0) is 18.4 Å². The summed E-state index contributed by atoms with van der Waals surface area (Å²) in [7, 11) is 1.63. The maximum Gasteiger partial charge on any atom is 0.268 e. The van der Waals surface area contributed by atoms with Crippen molar-refractivity contribution in [1.82, 2.24) is 15.1 Å². The van der Waals surface area contributed by atoms with E-state index in [-0.39, 0.29) is 17.4 Å². The van der Waals surface area contributed by atoms with Gasteiger partial charge in [-0.15, -0.1) is 0 Å². The van der Waals surface area contributed by atoms with Crippen LogP contribution in [0.5, 0.6) is 0 Å². The summed E-state index contributed by atoms with van der Waals surface area (Å²) >= 11 is 5.86. The summed E-state index contributed by atoms with van der Waals surface area (Å²) in [6.07, 6.45) is 3.23. The fourth-order valence-corrected chi connectivity index (χ4v) is 3.09. The molecule has 0 unspecified atom stereocenters. The highest BCUT2D eigenvalue weighted by Gasteiger charge is 2.25. The Morgan fingerprint density at radius 3 is 2.60 bits per heavy atom. The first-order chi connectivity index (χ1) is 12.0. The minimum Gasteiger partial charge on any atom is -0.370 e. The van der Waals surface area contributed by atoms with E-state index in [0.717, 1.165) is 37.2 Å². The van der Waals surface area contributed by atoms with Crippen molar-refractivity contribution in [3.63, 3.8) is 0 Å². The number of amides is 1. The molecular weight excluding hydrogens is 340 g/mol. The normalized spacial score (nSPS) is 15.2. The molecule has 1 aromatic heterocycles. The van der Waals surface area contributed by atoms with E-state index in [9.17, 15) is 9.59 Å². The molecule has 1 fully saturated rings. The summed E-state index contributed by atoms with van der Waals surface area (Å²) < 4.78 is 1.31. The van der Waals surface area contributed by atoms with Gasteiger partial charge in [0.05, 0.1) is 11.9 Å². The van der Waals surface area contributed by atoms with Crippen LogP contribution in [0.4, 0.5) is 5.69 Å². The first-order valence-corrected chi connectivity index (χ1v) is 8.71. The predicted molar refractivity (Wildman–Crippen MR) is 97.7 cm³/mol. The van der Waals surface area contributed by atoms with Crippen LogP contribution in [0, 0.1) is 5.92 Å². The Morgan fingerprint density at radius 1 is 1.28 bits per heavy atom. The number of carbonyl (C=O) groups excluding carboxylic acids is 1. The molecule has 1 saturated heterocycles. The molecule has 2 aromatic rings. The molecule has 1 aliphatic rings. The maximum absolute atomic E-state index is 12.4. The largest absolute Gasteiger partial charge is 0.370 e. The SMILES string of the molecule is Cn1ncc(N2CCC(C(=O)NCc3ccc(Cl)cc3)CC2)cc1=O. The van der Waals surface area contributed by atoms with Crippen molar-refractivity contribution in [3.8, 4) is 0 Å². The third-order valence-corrected chi connectivity index (χ3v) is 4.82. The van der Waals surface area contributed by atoms with Crippen molar-refractivity contribution >= 4 is 23.2 Å². The van der Waals surface area contributed by atoms with E-state index in [1.165, 1.54) is 4.68 Å². The number of aromatic nitrogens is 2. The molecule has 1 N–H and O–H groups in total. The van der Waals surface area contributed by atoms with Crippen molar-refractivity contribution in [2.75, 3.05) is 18.0 Å². The second-order valence-corrected chi connectivity index (χ2v) is 6.72. The molecule has 0 aliphatic carbocycles. The quantitative estimate of drug-likeness (QED) is 0.905. The first-order valence-electron chi connectivity index (χ1n) is 8.33. The highest BCUT2D eigenvalue weighted by atomic mass is 35.5. The molecule has 6 nitrogen and oxygen atoms in total. The molecule has 0 atom stereocenters. The number of halogens is 1. The zero-order valence-corrected chi connectivity index (χ0v) is 14.9. The Bertz CT molecular complexity index is 795. The molecule has 1 aromatic carbocycles. The third kappa shape index (κ3) is 4.39. The minimum absolute atomic E-state index is 0.00283. The fourth-order valence-electron chi connectivity index (χ4n) is 2.97. The van der Waals surface area contributed by atoms with Crippen LogP contribution >= 0.6 is 11.6 Å².